The lowest BCUT2D eigenvalue weighted by Crippen LogP contribution is -2.19. The van der Waals surface area contributed by atoms with E-state index in [9.17, 15) is 14.4 Å². The molecule has 0 saturated heterocycles. The molecule has 0 bridgehead atoms. The number of hydrogen-bond donors (Lipinski definition) is 3. The summed E-state index contributed by atoms with van der Waals surface area (Å²) in [4.78, 5) is 34.0. The van der Waals surface area contributed by atoms with Crippen LogP contribution in [0.2, 0.25) is 0 Å². The first-order chi connectivity index (χ1) is 12.0. The Morgan fingerprint density at radius 1 is 1.00 bits per heavy atom. The number of aromatic carboxylic acids is 1. The molecular formula is C17H16N2O6. The Hall–Kier alpha value is -3.55. The summed E-state index contributed by atoms with van der Waals surface area (Å²) < 4.78 is 9.55. The molecule has 2 rings (SSSR count). The zero-order valence-corrected chi connectivity index (χ0v) is 13.3. The number of nitrogens with one attached hydrogen (secondary N) is 2. The Balaban J connectivity index is 1.93. The Kier molecular flexibility index (Phi) is 5.94. The van der Waals surface area contributed by atoms with E-state index in [1.165, 1.54) is 30.3 Å². The van der Waals surface area contributed by atoms with Crippen molar-refractivity contribution in [2.75, 3.05) is 17.2 Å². The van der Waals surface area contributed by atoms with E-state index >= 15 is 0 Å². The van der Waals surface area contributed by atoms with E-state index in [-0.39, 0.29) is 17.9 Å². The Labute approximate surface area is 143 Å². The lowest BCUT2D eigenvalue weighted by Gasteiger charge is -2.09. The van der Waals surface area contributed by atoms with Crippen molar-refractivity contribution in [1.82, 2.24) is 0 Å². The molecule has 0 aliphatic carbocycles. The van der Waals surface area contributed by atoms with Crippen LogP contribution in [0.25, 0.3) is 0 Å². The van der Waals surface area contributed by atoms with Crippen LogP contribution >= 0.6 is 0 Å². The van der Waals surface area contributed by atoms with E-state index in [1.54, 1.807) is 25.1 Å². The number of rotatable bonds is 5. The van der Waals surface area contributed by atoms with Gasteiger partial charge in [-0.1, -0.05) is 6.07 Å². The average molecular weight is 344 g/mol. The Morgan fingerprint density at radius 3 is 2.32 bits per heavy atom. The van der Waals surface area contributed by atoms with Crippen LogP contribution in [-0.4, -0.2) is 29.9 Å². The molecule has 8 nitrogen and oxygen atoms in total. The number of ether oxygens (including phenoxy) is 2. The number of carboxylic acid groups (broad SMARTS) is 1. The first kappa shape index (κ1) is 17.8. The van der Waals surface area contributed by atoms with Crippen molar-refractivity contribution < 1.29 is 29.0 Å². The summed E-state index contributed by atoms with van der Waals surface area (Å²) in [5.41, 5.74) is 0.876. The Bertz CT molecular complexity index is 773. The lowest BCUT2D eigenvalue weighted by molar-refractivity contribution is 0.0696. The average Bonchev–Trinajstić information content (AvgIpc) is 2.57. The zero-order chi connectivity index (χ0) is 18.2. The van der Waals surface area contributed by atoms with Gasteiger partial charge in [0, 0.05) is 11.4 Å². The van der Waals surface area contributed by atoms with Gasteiger partial charge in [-0.2, -0.15) is 0 Å². The molecule has 2 aromatic rings. The Morgan fingerprint density at radius 2 is 1.68 bits per heavy atom. The molecule has 0 aromatic heterocycles. The van der Waals surface area contributed by atoms with Crippen LogP contribution in [0.3, 0.4) is 0 Å². The van der Waals surface area contributed by atoms with Crippen molar-refractivity contribution in [3.05, 3.63) is 54.1 Å². The highest BCUT2D eigenvalue weighted by atomic mass is 16.7. The van der Waals surface area contributed by atoms with Gasteiger partial charge in [0.25, 0.3) is 0 Å². The van der Waals surface area contributed by atoms with Crippen LogP contribution in [-0.2, 0) is 4.74 Å². The second-order valence-corrected chi connectivity index (χ2v) is 4.77. The molecule has 2 amide bonds. The fourth-order valence-corrected chi connectivity index (χ4v) is 1.87. The zero-order valence-electron chi connectivity index (χ0n) is 13.3. The fourth-order valence-electron chi connectivity index (χ4n) is 1.87. The van der Waals surface area contributed by atoms with Gasteiger partial charge in [0.1, 0.15) is 5.75 Å². The van der Waals surface area contributed by atoms with Gasteiger partial charge >= 0.3 is 18.2 Å². The predicted octanol–water partition coefficient (Wildman–Crippen LogP) is 3.56. The van der Waals surface area contributed by atoms with Crippen molar-refractivity contribution in [1.29, 1.82) is 0 Å². The minimum atomic E-state index is -1.08. The topological polar surface area (TPSA) is 114 Å². The van der Waals surface area contributed by atoms with E-state index in [4.69, 9.17) is 9.84 Å². The van der Waals surface area contributed by atoms with Crippen LogP contribution in [0, 0.1) is 0 Å². The van der Waals surface area contributed by atoms with E-state index < -0.39 is 18.2 Å². The summed E-state index contributed by atoms with van der Waals surface area (Å²) >= 11 is 0. The van der Waals surface area contributed by atoms with Gasteiger partial charge < -0.3 is 25.2 Å². The molecule has 2 aromatic carbocycles. The molecular weight excluding hydrogens is 328 g/mol. The quantitative estimate of drug-likeness (QED) is 0.564. The maximum Gasteiger partial charge on any atom is 0.513 e. The number of hydrogen-bond acceptors (Lipinski definition) is 5. The van der Waals surface area contributed by atoms with Crippen molar-refractivity contribution in [2.45, 2.75) is 6.92 Å². The molecule has 3 N–H and O–H groups in total. The number of benzene rings is 2. The monoisotopic (exact) mass is 344 g/mol. The van der Waals surface area contributed by atoms with Crippen molar-refractivity contribution in [2.24, 2.45) is 0 Å². The van der Waals surface area contributed by atoms with Crippen LogP contribution in [0.4, 0.5) is 21.0 Å². The maximum absolute atomic E-state index is 11.9. The number of anilines is 2. The summed E-state index contributed by atoms with van der Waals surface area (Å²) in [6, 6.07) is 11.4. The van der Waals surface area contributed by atoms with Gasteiger partial charge in [-0.25, -0.2) is 14.4 Å². The van der Waals surface area contributed by atoms with Gasteiger partial charge in [-0.05, 0) is 49.4 Å². The summed E-state index contributed by atoms with van der Waals surface area (Å²) in [5.74, 6) is -0.806. The summed E-state index contributed by atoms with van der Waals surface area (Å²) in [6.07, 6.45) is -0.806. The van der Waals surface area contributed by atoms with E-state index in [1.807, 2.05) is 0 Å². The van der Waals surface area contributed by atoms with Crippen molar-refractivity contribution in [3.8, 4) is 5.75 Å². The van der Waals surface area contributed by atoms with E-state index in [0.717, 1.165) is 0 Å². The van der Waals surface area contributed by atoms with Crippen LogP contribution < -0.4 is 15.4 Å². The molecule has 130 valence electrons. The minimum absolute atomic E-state index is 0.0678. The number of urea groups is 1. The summed E-state index contributed by atoms with van der Waals surface area (Å²) in [5, 5.41) is 14.0. The van der Waals surface area contributed by atoms with Gasteiger partial charge in [-0.15, -0.1) is 0 Å². The summed E-state index contributed by atoms with van der Waals surface area (Å²) in [7, 11) is 0. The van der Waals surface area contributed by atoms with Crippen molar-refractivity contribution >= 4 is 29.5 Å². The summed E-state index contributed by atoms with van der Waals surface area (Å²) in [6.45, 7) is 1.88. The minimum Gasteiger partial charge on any atom is -0.478 e. The van der Waals surface area contributed by atoms with Gasteiger partial charge in [0.05, 0.1) is 12.2 Å². The molecule has 0 atom stereocenters. The molecule has 0 unspecified atom stereocenters. The molecule has 25 heavy (non-hydrogen) atoms. The maximum atomic E-state index is 11.9. The first-order valence-electron chi connectivity index (χ1n) is 7.34. The second-order valence-electron chi connectivity index (χ2n) is 4.77. The molecule has 0 fully saturated rings. The van der Waals surface area contributed by atoms with Gasteiger partial charge in [0.2, 0.25) is 0 Å². The normalized spacial score (nSPS) is 9.80. The van der Waals surface area contributed by atoms with Crippen LogP contribution in [0.1, 0.15) is 17.3 Å². The highest BCUT2D eigenvalue weighted by Gasteiger charge is 2.08. The SMILES string of the molecule is CCOC(=O)Oc1ccc(NC(=O)Nc2cccc(C(=O)O)c2)cc1. The third-order valence-electron chi connectivity index (χ3n) is 2.94. The number of carboxylic acids is 1. The van der Waals surface area contributed by atoms with Gasteiger partial charge in [0.15, 0.2) is 0 Å². The molecule has 0 radical (unpaired) electrons. The molecule has 8 heteroatoms. The molecule has 0 saturated carbocycles. The smallest absolute Gasteiger partial charge is 0.478 e. The molecule has 0 spiro atoms. The molecule has 0 heterocycles. The molecule has 0 aliphatic rings. The highest BCUT2D eigenvalue weighted by Crippen LogP contribution is 2.17. The largest absolute Gasteiger partial charge is 0.513 e. The fraction of sp³-hybridized carbons (Fsp3) is 0.118. The first-order valence-corrected chi connectivity index (χ1v) is 7.34. The van der Waals surface area contributed by atoms with Crippen molar-refractivity contribution in [3.63, 3.8) is 0 Å². The lowest BCUT2D eigenvalue weighted by atomic mass is 10.2. The van der Waals surface area contributed by atoms with E-state index in [0.29, 0.717) is 11.4 Å². The van der Waals surface area contributed by atoms with Crippen LogP contribution in [0.5, 0.6) is 5.75 Å². The van der Waals surface area contributed by atoms with E-state index in [2.05, 4.69) is 15.4 Å². The predicted molar refractivity (Wildman–Crippen MR) is 90.1 cm³/mol. The standard InChI is InChI=1S/C17H16N2O6/c1-2-24-17(23)25-14-8-6-12(7-9-14)18-16(22)19-13-5-3-4-11(10-13)15(20)21/h3-10H,2H2,1H3,(H,20,21)(H2,18,19,22). The number of amides is 2. The highest BCUT2D eigenvalue weighted by molar-refractivity contribution is 6.00. The third kappa shape index (κ3) is 5.54. The van der Waals surface area contributed by atoms with Crippen LogP contribution in [0.15, 0.2) is 48.5 Å². The second kappa shape index (κ2) is 8.34. The number of carbonyl (C=O) groups excluding carboxylic acids is 2. The number of carbonyl (C=O) groups is 3. The third-order valence-corrected chi connectivity index (χ3v) is 2.94. The van der Waals surface area contributed by atoms with Gasteiger partial charge in [-0.3, -0.25) is 0 Å². The molecule has 0 aliphatic heterocycles.